The van der Waals surface area contributed by atoms with Gasteiger partial charge < -0.3 is 24.8 Å². The van der Waals surface area contributed by atoms with Crippen LogP contribution in [0, 0.1) is 0 Å². The van der Waals surface area contributed by atoms with Gasteiger partial charge in [0.05, 0.1) is 0 Å². The summed E-state index contributed by atoms with van der Waals surface area (Å²) < 4.78 is 0. The Bertz CT molecular complexity index is 192. The smallest absolute Gasteiger partial charge is 1.00 e. The number of allylic oxidation sites excluding steroid dienone is 8. The normalized spacial score (nSPS) is 16.0. The monoisotopic (exact) mass is 516 g/mol. The molecule has 2 aliphatic carbocycles. The molecule has 0 radical (unpaired) electrons. The van der Waals surface area contributed by atoms with Crippen LogP contribution in [0.2, 0.25) is 0 Å². The van der Waals surface area contributed by atoms with E-state index in [4.69, 9.17) is 0 Å². The van der Waals surface area contributed by atoms with Gasteiger partial charge in [0.2, 0.25) is 0 Å². The zero-order valence-electron chi connectivity index (χ0n) is 12.2. The molecule has 2 rings (SSSR count). The molecular weight excluding hydrogens is 493 g/mol. The van der Waals surface area contributed by atoms with E-state index in [9.17, 15) is 0 Å². The maximum atomic E-state index is 2.27. The van der Waals surface area contributed by atoms with Crippen molar-refractivity contribution in [1.82, 2.24) is 0 Å². The van der Waals surface area contributed by atoms with Gasteiger partial charge in [-0.3, -0.25) is 0 Å². The summed E-state index contributed by atoms with van der Waals surface area (Å²) >= 11 is 0. The quantitative estimate of drug-likeness (QED) is 0.347. The Kier molecular flexibility index (Phi) is 37.0. The van der Waals surface area contributed by atoms with Crippen LogP contribution in [0.3, 0.4) is 0 Å². The minimum absolute atomic E-state index is 0. The van der Waals surface area contributed by atoms with Crippen molar-refractivity contribution in [3.05, 3.63) is 48.6 Å². The first-order valence-electron chi connectivity index (χ1n) is 6.60. The summed E-state index contributed by atoms with van der Waals surface area (Å²) in [6, 6.07) is 0. The fourth-order valence-electron chi connectivity index (χ4n) is 1.71. The first-order valence-corrected chi connectivity index (χ1v) is 6.60. The molecule has 104 valence electrons. The largest absolute Gasteiger partial charge is 3.00 e. The van der Waals surface area contributed by atoms with Gasteiger partial charge in [-0.05, 0) is 51.4 Å². The van der Waals surface area contributed by atoms with Gasteiger partial charge in [0.1, 0.15) is 0 Å². The molecule has 0 bridgehead atoms. The van der Waals surface area contributed by atoms with Gasteiger partial charge in [0.25, 0.3) is 0 Å². The molecule has 2 aliphatic rings. The third-order valence-electron chi connectivity index (χ3n) is 2.67. The zero-order valence-corrected chi connectivity index (χ0v) is 20.3. The van der Waals surface area contributed by atoms with Crippen LogP contribution < -0.4 is 24.8 Å². The van der Waals surface area contributed by atoms with Gasteiger partial charge in [0.15, 0.2) is 0 Å². The van der Waals surface area contributed by atoms with Crippen molar-refractivity contribution in [2.75, 3.05) is 0 Å². The van der Waals surface area contributed by atoms with E-state index in [0.717, 1.165) is 0 Å². The molecule has 0 nitrogen and oxygen atoms in total. The molecule has 0 fully saturated rings. The van der Waals surface area contributed by atoms with E-state index in [1.54, 1.807) is 0 Å². The van der Waals surface area contributed by atoms with Crippen molar-refractivity contribution in [2.45, 2.75) is 51.4 Å². The summed E-state index contributed by atoms with van der Waals surface area (Å²) in [4.78, 5) is 0. The molecule has 0 aromatic carbocycles. The van der Waals surface area contributed by atoms with Crippen molar-refractivity contribution >= 4 is 51.7 Å². The number of hydrogen-bond donors (Lipinski definition) is 0. The number of rotatable bonds is 0. The molecule has 0 unspecified atom stereocenters. The minimum Gasteiger partial charge on any atom is -1.00 e. The standard InChI is InChI=1S/2C8H12.2ClH.2In/c2*1-2-4-6-8-7-5-3-1;;;;/h2*1-2,7-8H,3-6H2;2*1H;;/q;;;;2*+3/p-2. The summed E-state index contributed by atoms with van der Waals surface area (Å²) in [5.41, 5.74) is 0. The molecule has 20 heavy (non-hydrogen) atoms. The molecule has 4 heteroatoms. The third-order valence-corrected chi connectivity index (χ3v) is 2.67. The van der Waals surface area contributed by atoms with E-state index in [0.29, 0.717) is 0 Å². The number of halogens is 2. The molecule has 0 amide bonds. The molecule has 0 atom stereocenters. The second kappa shape index (κ2) is 25.2. The molecule has 0 saturated carbocycles. The fraction of sp³-hybridized carbons (Fsp3) is 0.500. The van der Waals surface area contributed by atoms with Crippen LogP contribution in [-0.2, 0) is 0 Å². The number of hydrogen-bond acceptors (Lipinski definition) is 0. The predicted octanol–water partition coefficient (Wildman–Crippen LogP) is -1.41. The van der Waals surface area contributed by atoms with Crippen LogP contribution >= 0.6 is 0 Å². The van der Waals surface area contributed by atoms with Crippen LogP contribution in [0.1, 0.15) is 51.4 Å². The van der Waals surface area contributed by atoms with Crippen molar-refractivity contribution in [2.24, 2.45) is 0 Å². The predicted molar refractivity (Wildman–Crippen MR) is 85.0 cm³/mol. The second-order valence-corrected chi connectivity index (χ2v) is 4.20. The van der Waals surface area contributed by atoms with Gasteiger partial charge in [-0.1, -0.05) is 48.6 Å². The fourth-order valence-corrected chi connectivity index (χ4v) is 1.71. The van der Waals surface area contributed by atoms with Gasteiger partial charge in [-0.2, -0.15) is 0 Å². The topological polar surface area (TPSA) is 0 Å². The molecule has 0 aliphatic heterocycles. The summed E-state index contributed by atoms with van der Waals surface area (Å²) in [6.45, 7) is 0. The summed E-state index contributed by atoms with van der Waals surface area (Å²) in [6.07, 6.45) is 28.0. The molecule has 0 spiro atoms. The van der Waals surface area contributed by atoms with Crippen molar-refractivity contribution in [3.63, 3.8) is 0 Å². The minimum atomic E-state index is 0. The Hall–Kier alpha value is 1.28. The Morgan fingerprint density at radius 1 is 0.300 bits per heavy atom. The maximum absolute atomic E-state index is 2.27. The van der Waals surface area contributed by atoms with E-state index in [1.165, 1.54) is 51.4 Å². The molecule has 0 aromatic rings. The second-order valence-electron chi connectivity index (χ2n) is 4.20. The first kappa shape index (κ1) is 29.3. The Balaban J connectivity index is -0.000000107. The van der Waals surface area contributed by atoms with Crippen molar-refractivity contribution in [1.29, 1.82) is 0 Å². The average molecular weight is 517 g/mol. The van der Waals surface area contributed by atoms with E-state index in [1.807, 2.05) is 0 Å². The molecule has 0 heterocycles. The van der Waals surface area contributed by atoms with Gasteiger partial charge >= 0.3 is 51.7 Å². The van der Waals surface area contributed by atoms with E-state index >= 15 is 0 Å². The average Bonchev–Trinajstić information content (AvgIpc) is 2.15. The summed E-state index contributed by atoms with van der Waals surface area (Å²) in [5.74, 6) is 0. The SMILES string of the molecule is C1=CCCC=CCC1.C1=CCCC=CCC1.[Cl-].[Cl-].[In+3].[In+3]. The van der Waals surface area contributed by atoms with E-state index in [2.05, 4.69) is 48.6 Å². The first-order chi connectivity index (χ1) is 8.00. The molecule has 0 aromatic heterocycles. The Labute approximate surface area is 175 Å². The summed E-state index contributed by atoms with van der Waals surface area (Å²) in [5, 5.41) is 0. The van der Waals surface area contributed by atoms with Gasteiger partial charge in [-0.15, -0.1) is 0 Å². The van der Waals surface area contributed by atoms with Crippen LogP contribution in [0.25, 0.3) is 0 Å². The maximum Gasteiger partial charge on any atom is 3.00 e. The van der Waals surface area contributed by atoms with Gasteiger partial charge in [-0.25, -0.2) is 0 Å². The van der Waals surface area contributed by atoms with Crippen molar-refractivity contribution in [3.8, 4) is 0 Å². The van der Waals surface area contributed by atoms with E-state index in [-0.39, 0.29) is 76.5 Å². The van der Waals surface area contributed by atoms with Crippen LogP contribution in [0.4, 0.5) is 0 Å². The third kappa shape index (κ3) is 21.6. The van der Waals surface area contributed by atoms with Crippen LogP contribution in [0.15, 0.2) is 48.6 Å². The van der Waals surface area contributed by atoms with Crippen LogP contribution in [-0.4, -0.2) is 51.7 Å². The zero-order chi connectivity index (χ0) is 11.3. The molecule has 0 saturated heterocycles. The molecular formula is C16H24Cl2In2+4. The van der Waals surface area contributed by atoms with Crippen LogP contribution in [0.5, 0.6) is 0 Å². The van der Waals surface area contributed by atoms with E-state index < -0.39 is 0 Å². The Morgan fingerprint density at radius 2 is 0.400 bits per heavy atom. The summed E-state index contributed by atoms with van der Waals surface area (Å²) in [7, 11) is 0. The Morgan fingerprint density at radius 3 is 0.500 bits per heavy atom. The molecule has 0 N–H and O–H groups in total. The van der Waals surface area contributed by atoms with Gasteiger partial charge in [0, 0.05) is 0 Å². The van der Waals surface area contributed by atoms with Crippen molar-refractivity contribution < 1.29 is 24.8 Å².